The number of rotatable bonds is 7. The molecule has 0 radical (unpaired) electrons. The van der Waals surface area contributed by atoms with Gasteiger partial charge in [0.15, 0.2) is 23.9 Å². The fraction of sp³-hybridized carbons (Fsp3) is 0.222. The van der Waals surface area contributed by atoms with E-state index in [1.807, 2.05) is 0 Å². The molecule has 120 valence electrons. The zero-order chi connectivity index (χ0) is 16.7. The summed E-state index contributed by atoms with van der Waals surface area (Å²) in [6.45, 7) is -0.262. The second kappa shape index (κ2) is 7.98. The van der Waals surface area contributed by atoms with E-state index in [0.717, 1.165) is 5.56 Å². The predicted octanol–water partition coefficient (Wildman–Crippen LogP) is 2.67. The molecule has 0 saturated carbocycles. The van der Waals surface area contributed by atoms with Crippen molar-refractivity contribution >= 4 is 11.8 Å². The molecule has 0 heterocycles. The van der Waals surface area contributed by atoms with E-state index in [2.05, 4.69) is 0 Å². The van der Waals surface area contributed by atoms with Crippen molar-refractivity contribution in [2.45, 2.75) is 6.42 Å². The number of carbonyl (C=O) groups excluding carboxylic acids is 2. The van der Waals surface area contributed by atoms with Crippen LogP contribution in [0.4, 0.5) is 0 Å². The third-order valence-electron chi connectivity index (χ3n) is 3.22. The van der Waals surface area contributed by atoms with E-state index < -0.39 is 5.97 Å². The topological polar surface area (TPSA) is 61.8 Å². The normalized spacial score (nSPS) is 10.0. The Morgan fingerprint density at radius 3 is 2.26 bits per heavy atom. The molecule has 0 aliphatic rings. The van der Waals surface area contributed by atoms with E-state index in [1.165, 1.54) is 7.11 Å². The molecule has 0 atom stereocenters. The lowest BCUT2D eigenvalue weighted by Crippen LogP contribution is -2.15. The number of Topliss-reactive ketones (excluding diaryl/α,β-unsaturated/α-hetero) is 1. The van der Waals surface area contributed by atoms with Crippen molar-refractivity contribution < 1.29 is 23.8 Å². The monoisotopic (exact) mass is 314 g/mol. The predicted molar refractivity (Wildman–Crippen MR) is 85.0 cm³/mol. The molecule has 0 aliphatic heterocycles. The van der Waals surface area contributed by atoms with Gasteiger partial charge in [0.2, 0.25) is 0 Å². The van der Waals surface area contributed by atoms with Gasteiger partial charge < -0.3 is 14.2 Å². The lowest BCUT2D eigenvalue weighted by atomic mass is 10.1. The van der Waals surface area contributed by atoms with Gasteiger partial charge in [-0.15, -0.1) is 0 Å². The molecule has 2 aromatic carbocycles. The minimum atomic E-state index is -0.508. The summed E-state index contributed by atoms with van der Waals surface area (Å²) in [4.78, 5) is 23.7. The number of carbonyl (C=O) groups is 2. The quantitative estimate of drug-likeness (QED) is 0.735. The van der Waals surface area contributed by atoms with Crippen molar-refractivity contribution in [3.63, 3.8) is 0 Å². The van der Waals surface area contributed by atoms with Gasteiger partial charge in [-0.3, -0.25) is 4.79 Å². The molecular formula is C18H18O5. The van der Waals surface area contributed by atoms with E-state index in [0.29, 0.717) is 17.1 Å². The van der Waals surface area contributed by atoms with Crippen LogP contribution in [0.3, 0.4) is 0 Å². The molecule has 5 nitrogen and oxygen atoms in total. The van der Waals surface area contributed by atoms with Crippen LogP contribution in [0.1, 0.15) is 15.9 Å². The second-order valence-corrected chi connectivity index (χ2v) is 4.85. The highest BCUT2D eigenvalue weighted by molar-refractivity contribution is 5.92. The summed E-state index contributed by atoms with van der Waals surface area (Å²) in [5.74, 6) is 0.450. The van der Waals surface area contributed by atoms with Crippen LogP contribution >= 0.6 is 0 Å². The molecule has 5 heteroatoms. The highest BCUT2D eigenvalue weighted by Crippen LogP contribution is 2.27. The highest BCUT2D eigenvalue weighted by Gasteiger charge is 2.12. The average molecular weight is 314 g/mol. The van der Waals surface area contributed by atoms with Crippen molar-refractivity contribution in [1.82, 2.24) is 0 Å². The van der Waals surface area contributed by atoms with E-state index >= 15 is 0 Å². The number of hydrogen-bond acceptors (Lipinski definition) is 5. The van der Waals surface area contributed by atoms with Crippen LogP contribution < -0.4 is 9.47 Å². The third kappa shape index (κ3) is 4.57. The fourth-order valence-corrected chi connectivity index (χ4v) is 2.07. The van der Waals surface area contributed by atoms with Crippen molar-refractivity contribution in [2.75, 3.05) is 20.8 Å². The van der Waals surface area contributed by atoms with Crippen molar-refractivity contribution in [2.24, 2.45) is 0 Å². The van der Waals surface area contributed by atoms with Gasteiger partial charge in [-0.1, -0.05) is 24.3 Å². The van der Waals surface area contributed by atoms with Gasteiger partial charge >= 0.3 is 5.97 Å². The van der Waals surface area contributed by atoms with Crippen molar-refractivity contribution in [3.05, 3.63) is 59.7 Å². The fourth-order valence-electron chi connectivity index (χ4n) is 2.07. The summed E-state index contributed by atoms with van der Waals surface area (Å²) in [6, 6.07) is 13.8. The summed E-state index contributed by atoms with van der Waals surface area (Å²) in [5, 5.41) is 0. The molecule has 0 N–H and O–H groups in total. The largest absolute Gasteiger partial charge is 0.493 e. The van der Waals surface area contributed by atoms with E-state index in [1.54, 1.807) is 55.6 Å². The molecule has 0 amide bonds. The third-order valence-corrected chi connectivity index (χ3v) is 3.22. The molecule has 0 unspecified atom stereocenters. The highest BCUT2D eigenvalue weighted by atomic mass is 16.5. The van der Waals surface area contributed by atoms with Crippen LogP contribution in [0.5, 0.6) is 11.5 Å². The average Bonchev–Trinajstić information content (AvgIpc) is 2.60. The van der Waals surface area contributed by atoms with Gasteiger partial charge in [0, 0.05) is 6.42 Å². The van der Waals surface area contributed by atoms with Crippen LogP contribution in [0.2, 0.25) is 0 Å². The first-order valence-electron chi connectivity index (χ1n) is 7.09. The first-order chi connectivity index (χ1) is 11.1. The first-order valence-corrected chi connectivity index (χ1v) is 7.09. The molecule has 2 rings (SSSR count). The van der Waals surface area contributed by atoms with E-state index in [9.17, 15) is 9.59 Å². The van der Waals surface area contributed by atoms with E-state index in [4.69, 9.17) is 14.2 Å². The lowest BCUT2D eigenvalue weighted by molar-refractivity contribution is -0.121. The summed E-state index contributed by atoms with van der Waals surface area (Å²) in [7, 11) is 3.08. The number of ketones is 1. The first kappa shape index (κ1) is 16.5. The Kier molecular flexibility index (Phi) is 5.74. The van der Waals surface area contributed by atoms with Crippen LogP contribution in [-0.4, -0.2) is 32.6 Å². The zero-order valence-electron chi connectivity index (χ0n) is 13.1. The van der Waals surface area contributed by atoms with Gasteiger partial charge in [0.05, 0.1) is 19.8 Å². The zero-order valence-corrected chi connectivity index (χ0v) is 13.1. The van der Waals surface area contributed by atoms with Gasteiger partial charge in [0.25, 0.3) is 0 Å². The Morgan fingerprint density at radius 1 is 0.913 bits per heavy atom. The van der Waals surface area contributed by atoms with Gasteiger partial charge in [-0.25, -0.2) is 4.79 Å². The number of ether oxygens (including phenoxy) is 3. The summed E-state index contributed by atoms with van der Waals surface area (Å²) in [5.41, 5.74) is 1.19. The van der Waals surface area contributed by atoms with Gasteiger partial charge in [-0.05, 0) is 29.8 Å². The van der Waals surface area contributed by atoms with Crippen LogP contribution in [0.25, 0.3) is 0 Å². The smallest absolute Gasteiger partial charge is 0.338 e. The molecule has 0 saturated heterocycles. The van der Waals surface area contributed by atoms with Crippen molar-refractivity contribution in [1.29, 1.82) is 0 Å². The van der Waals surface area contributed by atoms with Crippen LogP contribution in [-0.2, 0) is 16.0 Å². The van der Waals surface area contributed by atoms with Gasteiger partial charge in [-0.2, -0.15) is 0 Å². The molecule has 0 aromatic heterocycles. The molecule has 0 spiro atoms. The summed E-state index contributed by atoms with van der Waals surface area (Å²) < 4.78 is 15.4. The van der Waals surface area contributed by atoms with E-state index in [-0.39, 0.29) is 18.8 Å². The summed E-state index contributed by atoms with van der Waals surface area (Å²) in [6.07, 6.45) is 0.155. The molecule has 23 heavy (non-hydrogen) atoms. The maximum Gasteiger partial charge on any atom is 0.338 e. The molecule has 0 aliphatic carbocycles. The Hall–Kier alpha value is -2.82. The number of esters is 1. The molecular weight excluding hydrogens is 296 g/mol. The number of hydrogen-bond donors (Lipinski definition) is 0. The maximum absolute atomic E-state index is 12.0. The maximum atomic E-state index is 12.0. The lowest BCUT2D eigenvalue weighted by Gasteiger charge is -2.09. The standard InChI is InChI=1S/C18H18O5/c1-21-16-9-8-13(11-17(16)22-2)10-15(19)12-23-18(20)14-6-4-3-5-7-14/h3-9,11H,10,12H2,1-2H3. The van der Waals surface area contributed by atoms with Crippen LogP contribution in [0, 0.1) is 0 Å². The Balaban J connectivity index is 1.91. The molecule has 0 bridgehead atoms. The Morgan fingerprint density at radius 2 is 1.61 bits per heavy atom. The molecule has 0 fully saturated rings. The Bertz CT molecular complexity index is 679. The second-order valence-electron chi connectivity index (χ2n) is 4.85. The minimum Gasteiger partial charge on any atom is -0.493 e. The van der Waals surface area contributed by atoms with Crippen LogP contribution in [0.15, 0.2) is 48.5 Å². The minimum absolute atomic E-state index is 0.155. The number of benzene rings is 2. The molecule has 2 aromatic rings. The Labute approximate surface area is 134 Å². The summed E-state index contributed by atoms with van der Waals surface area (Å²) >= 11 is 0. The van der Waals surface area contributed by atoms with Gasteiger partial charge in [0.1, 0.15) is 0 Å². The number of methoxy groups -OCH3 is 2. The SMILES string of the molecule is COc1ccc(CC(=O)COC(=O)c2ccccc2)cc1OC. The van der Waals surface area contributed by atoms with Crippen molar-refractivity contribution in [3.8, 4) is 11.5 Å².